The summed E-state index contributed by atoms with van der Waals surface area (Å²) in [6.45, 7) is 3.62. The zero-order chi connectivity index (χ0) is 18.5. The molecule has 1 aromatic heterocycles. The van der Waals surface area contributed by atoms with E-state index >= 15 is 0 Å². The summed E-state index contributed by atoms with van der Waals surface area (Å²) >= 11 is 2.85. The minimum absolute atomic E-state index is 0.122. The Morgan fingerprint density at radius 3 is 2.62 bits per heavy atom. The molecule has 0 saturated heterocycles. The van der Waals surface area contributed by atoms with Gasteiger partial charge in [-0.2, -0.15) is 0 Å². The summed E-state index contributed by atoms with van der Waals surface area (Å²) in [4.78, 5) is 28.2. The first-order valence-corrected chi connectivity index (χ1v) is 9.82. The van der Waals surface area contributed by atoms with Crippen LogP contribution in [0.25, 0.3) is 10.2 Å². The van der Waals surface area contributed by atoms with E-state index in [9.17, 15) is 9.59 Å². The molecular formula is C19H18N2O3S2. The van der Waals surface area contributed by atoms with Gasteiger partial charge in [-0.1, -0.05) is 30.0 Å². The van der Waals surface area contributed by atoms with Gasteiger partial charge >= 0.3 is 5.97 Å². The monoisotopic (exact) mass is 386 g/mol. The van der Waals surface area contributed by atoms with Gasteiger partial charge in [0.15, 0.2) is 10.9 Å². The number of nitrogens with one attached hydrogen (secondary N) is 1. The third kappa shape index (κ3) is 5.06. The first-order chi connectivity index (χ1) is 12.5. The number of hydrogen-bond acceptors (Lipinski definition) is 6. The summed E-state index contributed by atoms with van der Waals surface area (Å²) in [7, 11) is 0. The molecule has 26 heavy (non-hydrogen) atoms. The Morgan fingerprint density at radius 1 is 1.15 bits per heavy atom. The number of nitrogens with zero attached hydrogens (tertiary/aromatic N) is 1. The van der Waals surface area contributed by atoms with Crippen molar-refractivity contribution in [3.05, 3.63) is 53.6 Å². The Bertz CT molecular complexity index is 900. The highest BCUT2D eigenvalue weighted by Crippen LogP contribution is 2.29. The lowest BCUT2D eigenvalue weighted by atomic mass is 10.1. The third-order valence-corrected chi connectivity index (χ3v) is 5.61. The highest BCUT2D eigenvalue weighted by molar-refractivity contribution is 8.01. The lowest BCUT2D eigenvalue weighted by Crippen LogP contribution is -2.21. The largest absolute Gasteiger partial charge is 0.455 e. The molecule has 2 aromatic carbocycles. The molecule has 0 aliphatic carbocycles. The molecule has 1 heterocycles. The van der Waals surface area contributed by atoms with Gasteiger partial charge in [0.1, 0.15) is 0 Å². The Morgan fingerprint density at radius 2 is 1.88 bits per heavy atom. The van der Waals surface area contributed by atoms with Crippen molar-refractivity contribution in [1.82, 2.24) is 4.98 Å². The predicted octanol–water partition coefficient (Wildman–Crippen LogP) is 4.19. The fourth-order valence-corrected chi connectivity index (χ4v) is 4.33. The summed E-state index contributed by atoms with van der Waals surface area (Å²) in [5, 5.41) is 2.74. The van der Waals surface area contributed by atoms with Crippen LogP contribution in [0.4, 0.5) is 5.69 Å². The van der Waals surface area contributed by atoms with Crippen LogP contribution in [-0.2, 0) is 14.3 Å². The summed E-state index contributed by atoms with van der Waals surface area (Å²) in [5.41, 5.74) is 3.74. The number of benzene rings is 2. The molecule has 0 fully saturated rings. The first kappa shape index (κ1) is 18.4. The van der Waals surface area contributed by atoms with Crippen molar-refractivity contribution >= 4 is 50.9 Å². The molecule has 3 rings (SSSR count). The maximum Gasteiger partial charge on any atom is 0.316 e. The highest BCUT2D eigenvalue weighted by atomic mass is 32.2. The maximum atomic E-state index is 11.9. The van der Waals surface area contributed by atoms with E-state index in [0.717, 1.165) is 25.7 Å². The van der Waals surface area contributed by atoms with E-state index in [-0.39, 0.29) is 18.3 Å². The van der Waals surface area contributed by atoms with Crippen LogP contribution in [0.5, 0.6) is 0 Å². The van der Waals surface area contributed by atoms with Gasteiger partial charge in [0.2, 0.25) is 0 Å². The molecule has 7 heteroatoms. The number of hydrogen-bond donors (Lipinski definition) is 1. The Labute approximate surface area is 159 Å². The lowest BCUT2D eigenvalue weighted by molar-refractivity contribution is -0.144. The topological polar surface area (TPSA) is 68.3 Å². The van der Waals surface area contributed by atoms with Crippen molar-refractivity contribution in [1.29, 1.82) is 0 Å². The molecule has 0 aliphatic heterocycles. The SMILES string of the molecule is Cc1cc(C)cc(NC(=O)COC(=O)CSc2nc3ccccc3s2)c1. The number of thiazole rings is 1. The molecule has 0 bridgehead atoms. The second kappa shape index (κ2) is 8.33. The molecule has 1 amide bonds. The fraction of sp³-hybridized carbons (Fsp3) is 0.211. The zero-order valence-corrected chi connectivity index (χ0v) is 16.1. The number of ether oxygens (including phenoxy) is 1. The van der Waals surface area contributed by atoms with Gasteiger partial charge in [-0.25, -0.2) is 4.98 Å². The van der Waals surface area contributed by atoms with Gasteiger partial charge in [-0.3, -0.25) is 9.59 Å². The number of rotatable bonds is 6. The van der Waals surface area contributed by atoms with E-state index in [4.69, 9.17) is 4.74 Å². The summed E-state index contributed by atoms with van der Waals surface area (Å²) in [5.74, 6) is -0.672. The number of carbonyl (C=O) groups excluding carboxylic acids is 2. The fourth-order valence-electron chi connectivity index (χ4n) is 2.47. The second-order valence-corrected chi connectivity index (χ2v) is 8.07. The van der Waals surface area contributed by atoms with Crippen molar-refractivity contribution < 1.29 is 14.3 Å². The molecule has 0 unspecified atom stereocenters. The summed E-state index contributed by atoms with van der Waals surface area (Å²) in [6.07, 6.45) is 0. The van der Waals surface area contributed by atoms with E-state index < -0.39 is 5.97 Å². The standard InChI is InChI=1S/C19H18N2O3S2/c1-12-7-13(2)9-14(8-12)20-17(22)10-24-18(23)11-25-19-21-15-5-3-4-6-16(15)26-19/h3-9H,10-11H2,1-2H3,(H,20,22). The molecule has 0 radical (unpaired) electrons. The average molecular weight is 386 g/mol. The van der Waals surface area contributed by atoms with Crippen molar-refractivity contribution in [2.75, 3.05) is 17.7 Å². The van der Waals surface area contributed by atoms with Gasteiger partial charge in [0.05, 0.1) is 16.0 Å². The molecule has 5 nitrogen and oxygen atoms in total. The molecule has 0 spiro atoms. The Hall–Kier alpha value is -2.38. The van der Waals surface area contributed by atoms with Gasteiger partial charge in [0, 0.05) is 5.69 Å². The number of anilines is 1. The van der Waals surface area contributed by atoms with Crippen LogP contribution in [0.2, 0.25) is 0 Å². The predicted molar refractivity (Wildman–Crippen MR) is 106 cm³/mol. The summed E-state index contributed by atoms with van der Waals surface area (Å²) < 4.78 is 6.93. The van der Waals surface area contributed by atoms with Gasteiger partial charge in [0.25, 0.3) is 5.91 Å². The van der Waals surface area contributed by atoms with Gasteiger partial charge in [-0.05, 0) is 49.2 Å². The third-order valence-electron chi connectivity index (χ3n) is 3.46. The number of esters is 1. The maximum absolute atomic E-state index is 11.9. The molecule has 0 aliphatic rings. The number of carbonyl (C=O) groups is 2. The van der Waals surface area contributed by atoms with E-state index in [2.05, 4.69) is 10.3 Å². The number of amides is 1. The lowest BCUT2D eigenvalue weighted by Gasteiger charge is -2.08. The minimum atomic E-state index is -0.440. The molecule has 134 valence electrons. The number of fused-ring (bicyclic) bond motifs is 1. The number of aryl methyl sites for hydroxylation is 2. The van der Waals surface area contributed by atoms with Crippen LogP contribution in [-0.4, -0.2) is 29.2 Å². The Kier molecular flexibility index (Phi) is 5.90. The smallest absolute Gasteiger partial charge is 0.316 e. The van der Waals surface area contributed by atoms with Crippen LogP contribution in [0.15, 0.2) is 46.8 Å². The zero-order valence-electron chi connectivity index (χ0n) is 14.4. The van der Waals surface area contributed by atoms with E-state index in [1.54, 1.807) is 0 Å². The molecule has 3 aromatic rings. The van der Waals surface area contributed by atoms with E-state index in [0.29, 0.717) is 5.69 Å². The van der Waals surface area contributed by atoms with E-state index in [1.807, 2.05) is 56.3 Å². The summed E-state index contributed by atoms with van der Waals surface area (Å²) in [6, 6.07) is 13.6. The van der Waals surface area contributed by atoms with Crippen LogP contribution < -0.4 is 5.32 Å². The van der Waals surface area contributed by atoms with E-state index in [1.165, 1.54) is 23.1 Å². The molecule has 0 atom stereocenters. The molecular weight excluding hydrogens is 368 g/mol. The van der Waals surface area contributed by atoms with Gasteiger partial charge < -0.3 is 10.1 Å². The van der Waals surface area contributed by atoms with Crippen LogP contribution in [0.1, 0.15) is 11.1 Å². The highest BCUT2D eigenvalue weighted by Gasteiger charge is 2.11. The van der Waals surface area contributed by atoms with Crippen LogP contribution >= 0.6 is 23.1 Å². The number of thioether (sulfide) groups is 1. The first-order valence-electron chi connectivity index (χ1n) is 8.02. The number of para-hydroxylation sites is 1. The van der Waals surface area contributed by atoms with Gasteiger partial charge in [-0.15, -0.1) is 11.3 Å². The number of aromatic nitrogens is 1. The Balaban J connectivity index is 1.45. The van der Waals surface area contributed by atoms with Crippen molar-refractivity contribution in [3.63, 3.8) is 0 Å². The second-order valence-electron chi connectivity index (χ2n) is 5.82. The average Bonchev–Trinajstić information content (AvgIpc) is 3.00. The molecule has 0 saturated carbocycles. The quantitative estimate of drug-likeness (QED) is 0.508. The van der Waals surface area contributed by atoms with Crippen molar-refractivity contribution in [3.8, 4) is 0 Å². The van der Waals surface area contributed by atoms with Crippen LogP contribution in [0.3, 0.4) is 0 Å². The molecule has 1 N–H and O–H groups in total. The normalized spacial score (nSPS) is 10.7. The van der Waals surface area contributed by atoms with Crippen molar-refractivity contribution in [2.45, 2.75) is 18.2 Å². The van der Waals surface area contributed by atoms with Crippen LogP contribution in [0, 0.1) is 13.8 Å². The van der Waals surface area contributed by atoms with Crippen molar-refractivity contribution in [2.24, 2.45) is 0 Å². The minimum Gasteiger partial charge on any atom is -0.455 e.